The van der Waals surface area contributed by atoms with E-state index in [0.29, 0.717) is 0 Å². The number of hydrogen-bond acceptors (Lipinski definition) is 3. The first kappa shape index (κ1) is 14.0. The highest BCUT2D eigenvalue weighted by atomic mass is 79.9. The Morgan fingerprint density at radius 1 is 1.10 bits per heavy atom. The number of aromatic nitrogens is 2. The molecular formula is C17H16BrN3. The zero-order valence-corrected chi connectivity index (χ0v) is 13.4. The van der Waals surface area contributed by atoms with Crippen molar-refractivity contribution in [2.45, 2.75) is 19.8 Å². The van der Waals surface area contributed by atoms with Crippen LogP contribution < -0.4 is 5.32 Å². The summed E-state index contributed by atoms with van der Waals surface area (Å²) in [5, 5.41) is 3.50. The number of fused-ring (bicyclic) bond motifs is 1. The Morgan fingerprint density at radius 2 is 1.95 bits per heavy atom. The molecule has 1 aromatic carbocycles. The van der Waals surface area contributed by atoms with Crippen LogP contribution in [0.4, 0.5) is 11.4 Å². The number of aryl methyl sites for hydroxylation is 1. The van der Waals surface area contributed by atoms with Crippen LogP contribution in [0.1, 0.15) is 18.9 Å². The molecule has 4 heteroatoms. The van der Waals surface area contributed by atoms with E-state index in [4.69, 9.17) is 0 Å². The van der Waals surface area contributed by atoms with Gasteiger partial charge in [0.15, 0.2) is 0 Å². The molecule has 1 N–H and O–H groups in total. The lowest BCUT2D eigenvalue weighted by atomic mass is 10.1. The Morgan fingerprint density at radius 3 is 2.81 bits per heavy atom. The van der Waals surface area contributed by atoms with Crippen molar-refractivity contribution in [1.29, 1.82) is 0 Å². The van der Waals surface area contributed by atoms with Gasteiger partial charge in [-0.15, -0.1) is 0 Å². The van der Waals surface area contributed by atoms with Gasteiger partial charge in [-0.05, 0) is 46.1 Å². The minimum absolute atomic E-state index is 0.877. The van der Waals surface area contributed by atoms with Gasteiger partial charge in [0.25, 0.3) is 0 Å². The Bertz CT molecular complexity index is 771. The van der Waals surface area contributed by atoms with Crippen molar-refractivity contribution in [3.8, 4) is 0 Å². The molecule has 3 aromatic rings. The van der Waals surface area contributed by atoms with Gasteiger partial charge in [0, 0.05) is 22.6 Å². The Balaban J connectivity index is 2.02. The fraction of sp³-hybridized carbons (Fsp3) is 0.176. The summed E-state index contributed by atoms with van der Waals surface area (Å²) in [5.74, 6) is 0. The molecule has 0 radical (unpaired) electrons. The summed E-state index contributed by atoms with van der Waals surface area (Å²) in [7, 11) is 0. The molecule has 2 aromatic heterocycles. The first-order valence-corrected chi connectivity index (χ1v) is 7.82. The largest absolute Gasteiger partial charge is 0.353 e. The molecule has 0 aliphatic carbocycles. The van der Waals surface area contributed by atoms with Crippen molar-refractivity contribution in [1.82, 2.24) is 9.97 Å². The molecule has 0 unspecified atom stereocenters. The zero-order valence-electron chi connectivity index (χ0n) is 11.8. The molecule has 0 atom stereocenters. The monoisotopic (exact) mass is 341 g/mol. The molecule has 2 heterocycles. The first-order chi connectivity index (χ1) is 10.3. The van der Waals surface area contributed by atoms with Crippen LogP contribution in [-0.2, 0) is 6.42 Å². The van der Waals surface area contributed by atoms with Gasteiger partial charge < -0.3 is 5.32 Å². The summed E-state index contributed by atoms with van der Waals surface area (Å²) < 4.78 is 0.936. The summed E-state index contributed by atoms with van der Waals surface area (Å²) >= 11 is 3.43. The van der Waals surface area contributed by atoms with Crippen molar-refractivity contribution < 1.29 is 0 Å². The summed E-state index contributed by atoms with van der Waals surface area (Å²) in [6.07, 6.45) is 5.79. The third kappa shape index (κ3) is 3.05. The predicted octanol–water partition coefficient (Wildman–Crippen LogP) is 5.09. The molecule has 0 aliphatic heterocycles. The minimum Gasteiger partial charge on any atom is -0.353 e. The molecule has 0 amide bonds. The van der Waals surface area contributed by atoms with E-state index in [0.717, 1.165) is 39.7 Å². The van der Waals surface area contributed by atoms with E-state index in [2.05, 4.69) is 62.4 Å². The smallest absolute Gasteiger partial charge is 0.112 e. The Kier molecular flexibility index (Phi) is 4.15. The van der Waals surface area contributed by atoms with E-state index in [1.807, 2.05) is 12.1 Å². The molecule has 0 fully saturated rings. The van der Waals surface area contributed by atoms with Gasteiger partial charge in [-0.25, -0.2) is 0 Å². The molecule has 0 saturated carbocycles. The molecule has 0 saturated heterocycles. The predicted molar refractivity (Wildman–Crippen MR) is 91.0 cm³/mol. The maximum absolute atomic E-state index is 4.48. The van der Waals surface area contributed by atoms with Crippen LogP contribution >= 0.6 is 15.9 Å². The molecular weight excluding hydrogens is 326 g/mol. The lowest BCUT2D eigenvalue weighted by molar-refractivity contribution is 0.923. The number of pyridine rings is 2. The highest BCUT2D eigenvalue weighted by Crippen LogP contribution is 2.27. The second-order valence-electron chi connectivity index (χ2n) is 4.91. The molecule has 106 valence electrons. The van der Waals surface area contributed by atoms with E-state index in [1.165, 1.54) is 5.56 Å². The van der Waals surface area contributed by atoms with Crippen molar-refractivity contribution in [2.24, 2.45) is 0 Å². The van der Waals surface area contributed by atoms with Crippen molar-refractivity contribution in [3.63, 3.8) is 0 Å². The van der Waals surface area contributed by atoms with E-state index in [-0.39, 0.29) is 0 Å². The van der Waals surface area contributed by atoms with E-state index in [9.17, 15) is 0 Å². The summed E-state index contributed by atoms with van der Waals surface area (Å²) in [6.45, 7) is 2.19. The maximum Gasteiger partial charge on any atom is 0.112 e. The zero-order chi connectivity index (χ0) is 14.7. The summed E-state index contributed by atoms with van der Waals surface area (Å²) in [4.78, 5) is 8.85. The second kappa shape index (κ2) is 6.22. The topological polar surface area (TPSA) is 37.8 Å². The normalized spacial score (nSPS) is 10.8. The third-order valence-electron chi connectivity index (χ3n) is 3.35. The molecule has 3 nitrogen and oxygen atoms in total. The highest BCUT2D eigenvalue weighted by Gasteiger charge is 2.06. The Hall–Kier alpha value is -1.94. The van der Waals surface area contributed by atoms with Crippen molar-refractivity contribution >= 4 is 38.3 Å². The minimum atomic E-state index is 0.877. The lowest BCUT2D eigenvalue weighted by Gasteiger charge is -2.12. The van der Waals surface area contributed by atoms with Gasteiger partial charge in [0.1, 0.15) is 5.52 Å². The van der Waals surface area contributed by atoms with E-state index < -0.39 is 0 Å². The van der Waals surface area contributed by atoms with E-state index >= 15 is 0 Å². The molecule has 21 heavy (non-hydrogen) atoms. The molecule has 0 spiro atoms. The fourth-order valence-electron chi connectivity index (χ4n) is 2.38. The average Bonchev–Trinajstić information content (AvgIpc) is 2.49. The average molecular weight is 342 g/mol. The lowest BCUT2D eigenvalue weighted by Crippen LogP contribution is -1.98. The van der Waals surface area contributed by atoms with Gasteiger partial charge >= 0.3 is 0 Å². The van der Waals surface area contributed by atoms with Gasteiger partial charge in [-0.2, -0.15) is 0 Å². The van der Waals surface area contributed by atoms with Gasteiger partial charge in [-0.1, -0.05) is 31.5 Å². The van der Waals surface area contributed by atoms with Gasteiger partial charge in [-0.3, -0.25) is 9.97 Å². The van der Waals surface area contributed by atoms with Crippen molar-refractivity contribution in [3.05, 3.63) is 58.8 Å². The van der Waals surface area contributed by atoms with Gasteiger partial charge in [0.2, 0.25) is 0 Å². The first-order valence-electron chi connectivity index (χ1n) is 7.03. The fourth-order valence-corrected chi connectivity index (χ4v) is 2.70. The number of nitrogens with one attached hydrogen (secondary N) is 1. The van der Waals surface area contributed by atoms with Crippen LogP contribution in [0.3, 0.4) is 0 Å². The molecule has 3 rings (SSSR count). The third-order valence-corrected chi connectivity index (χ3v) is 3.78. The summed E-state index contributed by atoms with van der Waals surface area (Å²) in [5.41, 5.74) is 5.20. The summed E-state index contributed by atoms with van der Waals surface area (Å²) in [6, 6.07) is 12.3. The van der Waals surface area contributed by atoms with Crippen molar-refractivity contribution in [2.75, 3.05) is 5.32 Å². The SMILES string of the molecule is CCCc1ccccc1Nc1ccnc2cc(Br)cnc12. The maximum atomic E-state index is 4.48. The number of hydrogen-bond donors (Lipinski definition) is 1. The Labute approximate surface area is 132 Å². The van der Waals surface area contributed by atoms with Crippen LogP contribution in [0.25, 0.3) is 11.0 Å². The van der Waals surface area contributed by atoms with Gasteiger partial charge in [0.05, 0.1) is 11.2 Å². The number of anilines is 2. The number of benzene rings is 1. The number of para-hydroxylation sites is 1. The quantitative estimate of drug-likeness (QED) is 0.718. The van der Waals surface area contributed by atoms with Crippen LogP contribution in [0.5, 0.6) is 0 Å². The standard InChI is InChI=1S/C17H16BrN3/c1-2-5-12-6-3-4-7-14(12)21-15-8-9-19-16-10-13(18)11-20-17(15)16/h3-4,6-11H,2,5H2,1H3,(H,19,21). The molecule has 0 bridgehead atoms. The highest BCUT2D eigenvalue weighted by molar-refractivity contribution is 9.10. The second-order valence-corrected chi connectivity index (χ2v) is 5.83. The number of halogens is 1. The van der Waals surface area contributed by atoms with Crippen LogP contribution in [0, 0.1) is 0 Å². The van der Waals surface area contributed by atoms with Crippen LogP contribution in [-0.4, -0.2) is 9.97 Å². The van der Waals surface area contributed by atoms with E-state index in [1.54, 1.807) is 12.4 Å². The van der Waals surface area contributed by atoms with Crippen LogP contribution in [0.15, 0.2) is 53.3 Å². The number of nitrogens with zero attached hydrogens (tertiary/aromatic N) is 2. The van der Waals surface area contributed by atoms with Crippen LogP contribution in [0.2, 0.25) is 0 Å². The number of rotatable bonds is 4. The molecule has 0 aliphatic rings.